The number of hydrogen-bond donors (Lipinski definition) is 1. The molecule has 1 heterocycles. The third kappa shape index (κ3) is 3.61. The van der Waals surface area contributed by atoms with Gasteiger partial charge in [-0.3, -0.25) is 4.79 Å². The van der Waals surface area contributed by atoms with Crippen molar-refractivity contribution in [1.29, 1.82) is 0 Å². The smallest absolute Gasteiger partial charge is 0.273 e. The molecule has 0 aliphatic heterocycles. The number of rotatable bonds is 6. The molecule has 2 rings (SSSR count). The first-order valence-electron chi connectivity index (χ1n) is 6.55. The summed E-state index contributed by atoms with van der Waals surface area (Å²) in [5.41, 5.74) is 0.968. The van der Waals surface area contributed by atoms with Crippen molar-refractivity contribution in [2.24, 2.45) is 0 Å². The number of methoxy groups -OCH3 is 2. The summed E-state index contributed by atoms with van der Waals surface area (Å²) in [6.07, 6.45) is 0. The summed E-state index contributed by atoms with van der Waals surface area (Å²) in [5.74, 6) is 0.842. The lowest BCUT2D eigenvalue weighted by atomic mass is 10.1. The zero-order chi connectivity index (χ0) is 15.2. The fourth-order valence-corrected chi connectivity index (χ4v) is 1.95. The highest BCUT2D eigenvalue weighted by Gasteiger charge is 2.17. The Bertz CT molecular complexity index is 609. The Morgan fingerprint density at radius 1 is 1.38 bits per heavy atom. The second-order valence-corrected chi connectivity index (χ2v) is 4.61. The molecule has 0 radical (unpaired) electrons. The first-order chi connectivity index (χ1) is 10.2. The van der Waals surface area contributed by atoms with E-state index < -0.39 is 0 Å². The number of carbonyl (C=O) groups excluding carboxylic acids is 1. The van der Waals surface area contributed by atoms with Crippen LogP contribution in [0.25, 0.3) is 11.3 Å². The van der Waals surface area contributed by atoms with Crippen LogP contribution < -0.4 is 10.1 Å². The van der Waals surface area contributed by atoms with E-state index in [2.05, 4.69) is 10.5 Å². The number of amides is 1. The van der Waals surface area contributed by atoms with Gasteiger partial charge in [0.15, 0.2) is 11.5 Å². The van der Waals surface area contributed by atoms with Gasteiger partial charge < -0.3 is 19.3 Å². The Labute approximate surface area is 123 Å². The summed E-state index contributed by atoms with van der Waals surface area (Å²) in [4.78, 5) is 12.0. The standard InChI is InChI=1S/C15H18N2O4/c1-10(9-19-2)16-15(18)12-8-14(21-17-12)11-6-4-5-7-13(11)20-3/h4-8,10H,9H2,1-3H3,(H,16,18)/t10-/m0/s1. The third-order valence-electron chi connectivity index (χ3n) is 2.91. The molecule has 1 N–H and O–H groups in total. The molecule has 0 bridgehead atoms. The van der Waals surface area contributed by atoms with Gasteiger partial charge in [0, 0.05) is 19.2 Å². The van der Waals surface area contributed by atoms with Crippen molar-refractivity contribution in [1.82, 2.24) is 10.5 Å². The maximum absolute atomic E-state index is 12.0. The fraction of sp³-hybridized carbons (Fsp3) is 0.333. The molecule has 6 nitrogen and oxygen atoms in total. The van der Waals surface area contributed by atoms with Crippen LogP contribution in [0.4, 0.5) is 0 Å². The zero-order valence-corrected chi connectivity index (χ0v) is 12.3. The van der Waals surface area contributed by atoms with Crippen molar-refractivity contribution in [2.45, 2.75) is 13.0 Å². The number of benzene rings is 1. The molecule has 21 heavy (non-hydrogen) atoms. The Balaban J connectivity index is 2.16. The van der Waals surface area contributed by atoms with E-state index in [1.54, 1.807) is 20.3 Å². The second kappa shape index (κ2) is 6.90. The van der Waals surface area contributed by atoms with Crippen molar-refractivity contribution in [3.05, 3.63) is 36.0 Å². The van der Waals surface area contributed by atoms with Crippen LogP contribution in [-0.4, -0.2) is 37.9 Å². The zero-order valence-electron chi connectivity index (χ0n) is 12.3. The van der Waals surface area contributed by atoms with Gasteiger partial charge in [0.1, 0.15) is 5.75 Å². The number of nitrogens with one attached hydrogen (secondary N) is 1. The van der Waals surface area contributed by atoms with Crippen molar-refractivity contribution < 1.29 is 18.8 Å². The minimum absolute atomic E-state index is 0.103. The first-order valence-corrected chi connectivity index (χ1v) is 6.55. The van der Waals surface area contributed by atoms with E-state index in [1.807, 2.05) is 31.2 Å². The highest BCUT2D eigenvalue weighted by Crippen LogP contribution is 2.29. The lowest BCUT2D eigenvalue weighted by Gasteiger charge is -2.10. The molecular formula is C15H18N2O4. The summed E-state index contributed by atoms with van der Waals surface area (Å²) in [6, 6.07) is 8.87. The van der Waals surface area contributed by atoms with Gasteiger partial charge in [0.2, 0.25) is 0 Å². The summed E-state index contributed by atoms with van der Waals surface area (Å²) < 4.78 is 15.5. The first kappa shape index (κ1) is 15.1. The summed E-state index contributed by atoms with van der Waals surface area (Å²) in [6.45, 7) is 2.28. The van der Waals surface area contributed by atoms with Crippen LogP contribution in [-0.2, 0) is 4.74 Å². The van der Waals surface area contributed by atoms with Gasteiger partial charge in [-0.2, -0.15) is 0 Å². The van der Waals surface area contributed by atoms with Crippen LogP contribution in [0.3, 0.4) is 0 Å². The monoisotopic (exact) mass is 290 g/mol. The van der Waals surface area contributed by atoms with Gasteiger partial charge in [-0.25, -0.2) is 0 Å². The molecule has 112 valence electrons. The van der Waals surface area contributed by atoms with Gasteiger partial charge >= 0.3 is 0 Å². The summed E-state index contributed by atoms with van der Waals surface area (Å²) >= 11 is 0. The van der Waals surface area contributed by atoms with E-state index in [0.29, 0.717) is 18.1 Å². The van der Waals surface area contributed by atoms with E-state index in [4.69, 9.17) is 14.0 Å². The highest BCUT2D eigenvalue weighted by atomic mass is 16.5. The largest absolute Gasteiger partial charge is 0.496 e. The van der Waals surface area contributed by atoms with Crippen molar-refractivity contribution in [2.75, 3.05) is 20.8 Å². The number of carbonyl (C=O) groups is 1. The van der Waals surface area contributed by atoms with Gasteiger partial charge in [0.25, 0.3) is 5.91 Å². The molecule has 2 aromatic rings. The molecule has 0 aliphatic rings. The van der Waals surface area contributed by atoms with Crippen LogP contribution >= 0.6 is 0 Å². The molecule has 0 saturated carbocycles. The molecule has 0 aliphatic carbocycles. The molecule has 0 saturated heterocycles. The van der Waals surface area contributed by atoms with Crippen LogP contribution in [0, 0.1) is 0 Å². The van der Waals surface area contributed by atoms with E-state index >= 15 is 0 Å². The molecule has 0 spiro atoms. The molecule has 1 amide bonds. The van der Waals surface area contributed by atoms with E-state index in [1.165, 1.54) is 0 Å². The molecule has 1 aromatic heterocycles. The Hall–Kier alpha value is -2.34. The molecule has 0 unspecified atom stereocenters. The predicted molar refractivity (Wildman–Crippen MR) is 77.3 cm³/mol. The third-order valence-corrected chi connectivity index (χ3v) is 2.91. The normalized spacial score (nSPS) is 12.0. The molecule has 6 heteroatoms. The van der Waals surface area contributed by atoms with Gasteiger partial charge in [-0.15, -0.1) is 0 Å². The van der Waals surface area contributed by atoms with E-state index in [-0.39, 0.29) is 17.6 Å². The lowest BCUT2D eigenvalue weighted by molar-refractivity contribution is 0.0896. The van der Waals surface area contributed by atoms with Gasteiger partial charge in [0.05, 0.1) is 19.3 Å². The number of para-hydroxylation sites is 1. The fourth-order valence-electron chi connectivity index (χ4n) is 1.95. The topological polar surface area (TPSA) is 73.6 Å². The number of ether oxygens (including phenoxy) is 2. The van der Waals surface area contributed by atoms with Crippen molar-refractivity contribution in [3.8, 4) is 17.1 Å². The minimum Gasteiger partial charge on any atom is -0.496 e. The number of aromatic nitrogens is 1. The lowest BCUT2D eigenvalue weighted by Crippen LogP contribution is -2.35. The van der Waals surface area contributed by atoms with Gasteiger partial charge in [-0.1, -0.05) is 17.3 Å². The molecule has 1 atom stereocenters. The number of hydrogen-bond acceptors (Lipinski definition) is 5. The van der Waals surface area contributed by atoms with Crippen LogP contribution in [0.15, 0.2) is 34.9 Å². The molecular weight excluding hydrogens is 272 g/mol. The Morgan fingerprint density at radius 2 is 2.14 bits per heavy atom. The second-order valence-electron chi connectivity index (χ2n) is 4.61. The van der Waals surface area contributed by atoms with Crippen molar-refractivity contribution in [3.63, 3.8) is 0 Å². The van der Waals surface area contributed by atoms with Gasteiger partial charge in [-0.05, 0) is 19.1 Å². The Kier molecular flexibility index (Phi) is 4.94. The minimum atomic E-state index is -0.301. The van der Waals surface area contributed by atoms with E-state index in [0.717, 1.165) is 5.56 Å². The molecule has 0 fully saturated rings. The average Bonchev–Trinajstić information content (AvgIpc) is 2.97. The van der Waals surface area contributed by atoms with Crippen LogP contribution in [0.5, 0.6) is 5.75 Å². The maximum atomic E-state index is 12.0. The highest BCUT2D eigenvalue weighted by molar-refractivity contribution is 5.93. The van der Waals surface area contributed by atoms with Crippen LogP contribution in [0.2, 0.25) is 0 Å². The van der Waals surface area contributed by atoms with Crippen molar-refractivity contribution >= 4 is 5.91 Å². The SMILES string of the molecule is COC[C@H](C)NC(=O)c1cc(-c2ccccc2OC)on1. The van der Waals surface area contributed by atoms with Crippen LogP contribution in [0.1, 0.15) is 17.4 Å². The quantitative estimate of drug-likeness (QED) is 0.882. The summed E-state index contributed by atoms with van der Waals surface area (Å²) in [5, 5.41) is 6.57. The average molecular weight is 290 g/mol. The Morgan fingerprint density at radius 3 is 2.86 bits per heavy atom. The number of nitrogens with zero attached hydrogens (tertiary/aromatic N) is 1. The maximum Gasteiger partial charge on any atom is 0.273 e. The predicted octanol–water partition coefficient (Wildman–Crippen LogP) is 2.11. The molecule has 1 aromatic carbocycles. The summed E-state index contributed by atoms with van der Waals surface area (Å²) in [7, 11) is 3.16. The van der Waals surface area contributed by atoms with E-state index in [9.17, 15) is 4.79 Å².